The van der Waals surface area contributed by atoms with Gasteiger partial charge in [-0.2, -0.15) is 4.98 Å². The van der Waals surface area contributed by atoms with Gasteiger partial charge in [-0.25, -0.2) is 9.37 Å². The Hall–Kier alpha value is -1.43. The Bertz CT molecular complexity index is 342. The monoisotopic (exact) mass is 242 g/mol. The van der Waals surface area contributed by atoms with Crippen LogP contribution in [0.1, 0.15) is 19.8 Å². The number of methoxy groups -OCH3 is 1. The molecule has 1 heterocycles. The number of anilines is 2. The molecule has 1 aromatic heterocycles. The number of nitrogens with one attached hydrogen (secondary N) is 2. The van der Waals surface area contributed by atoms with Crippen molar-refractivity contribution < 1.29 is 9.13 Å². The number of halogens is 1. The summed E-state index contributed by atoms with van der Waals surface area (Å²) in [5, 5.41) is 5.80. The number of rotatable bonds is 7. The molecule has 0 aliphatic rings. The molecule has 17 heavy (non-hydrogen) atoms. The van der Waals surface area contributed by atoms with Crippen molar-refractivity contribution in [3.8, 4) is 0 Å². The number of nitrogens with zero attached hydrogens (tertiary/aromatic N) is 2. The summed E-state index contributed by atoms with van der Waals surface area (Å²) in [5.74, 6) is 0.141. The quantitative estimate of drug-likeness (QED) is 0.764. The summed E-state index contributed by atoms with van der Waals surface area (Å²) in [5.41, 5.74) is 0. The molecule has 5 nitrogen and oxygen atoms in total. The van der Waals surface area contributed by atoms with Crippen molar-refractivity contribution in [3.63, 3.8) is 0 Å². The second kappa shape index (κ2) is 7.01. The van der Waals surface area contributed by atoms with Crippen LogP contribution >= 0.6 is 0 Å². The molecule has 1 unspecified atom stereocenters. The van der Waals surface area contributed by atoms with Gasteiger partial charge in [0.05, 0.1) is 18.8 Å². The van der Waals surface area contributed by atoms with Crippen LogP contribution in [0.4, 0.5) is 16.2 Å². The predicted molar refractivity (Wildman–Crippen MR) is 65.7 cm³/mol. The Morgan fingerprint density at radius 2 is 2.29 bits per heavy atom. The maximum atomic E-state index is 13.5. The Morgan fingerprint density at radius 1 is 1.53 bits per heavy atom. The molecule has 1 atom stereocenters. The summed E-state index contributed by atoms with van der Waals surface area (Å²) in [6.45, 7) is 2.59. The van der Waals surface area contributed by atoms with Gasteiger partial charge >= 0.3 is 0 Å². The van der Waals surface area contributed by atoms with Gasteiger partial charge < -0.3 is 15.4 Å². The molecule has 96 valence electrons. The van der Waals surface area contributed by atoms with Gasteiger partial charge in [0, 0.05) is 14.2 Å². The highest BCUT2D eigenvalue weighted by Crippen LogP contribution is 2.14. The molecule has 2 N–H and O–H groups in total. The molecule has 0 amide bonds. The van der Waals surface area contributed by atoms with Crippen LogP contribution in [0.2, 0.25) is 0 Å². The van der Waals surface area contributed by atoms with E-state index < -0.39 is 5.82 Å². The van der Waals surface area contributed by atoms with Gasteiger partial charge in [-0.3, -0.25) is 0 Å². The van der Waals surface area contributed by atoms with E-state index in [1.165, 1.54) is 0 Å². The Morgan fingerprint density at radius 3 is 2.88 bits per heavy atom. The van der Waals surface area contributed by atoms with Crippen LogP contribution in [-0.2, 0) is 4.74 Å². The van der Waals surface area contributed by atoms with Crippen LogP contribution in [0.3, 0.4) is 0 Å². The van der Waals surface area contributed by atoms with E-state index in [-0.39, 0.29) is 11.9 Å². The van der Waals surface area contributed by atoms with E-state index in [1.54, 1.807) is 14.2 Å². The van der Waals surface area contributed by atoms with Gasteiger partial charge in [-0.1, -0.05) is 13.3 Å². The Balaban J connectivity index is 2.76. The van der Waals surface area contributed by atoms with Gasteiger partial charge in [0.25, 0.3) is 0 Å². The summed E-state index contributed by atoms with van der Waals surface area (Å²) in [6.07, 6.45) is 3.04. The third-order valence-corrected chi connectivity index (χ3v) is 2.31. The number of ether oxygens (including phenoxy) is 1. The summed E-state index contributed by atoms with van der Waals surface area (Å²) in [7, 11) is 3.31. The normalized spacial score (nSPS) is 12.2. The molecule has 1 rings (SSSR count). The fourth-order valence-electron chi connectivity index (χ4n) is 1.53. The Kier molecular flexibility index (Phi) is 5.62. The van der Waals surface area contributed by atoms with E-state index in [2.05, 4.69) is 27.5 Å². The van der Waals surface area contributed by atoms with Gasteiger partial charge in [-0.15, -0.1) is 0 Å². The fourth-order valence-corrected chi connectivity index (χ4v) is 1.53. The van der Waals surface area contributed by atoms with Crippen molar-refractivity contribution >= 4 is 11.8 Å². The van der Waals surface area contributed by atoms with Crippen LogP contribution in [0.15, 0.2) is 6.20 Å². The van der Waals surface area contributed by atoms with Crippen LogP contribution < -0.4 is 10.6 Å². The summed E-state index contributed by atoms with van der Waals surface area (Å²) < 4.78 is 18.6. The molecule has 0 fully saturated rings. The lowest BCUT2D eigenvalue weighted by molar-refractivity contribution is 0.182. The molecule has 0 radical (unpaired) electrons. The zero-order valence-electron chi connectivity index (χ0n) is 10.5. The highest BCUT2D eigenvalue weighted by atomic mass is 19.1. The first-order valence-electron chi connectivity index (χ1n) is 5.67. The zero-order chi connectivity index (χ0) is 12.7. The van der Waals surface area contributed by atoms with E-state index in [9.17, 15) is 4.39 Å². The summed E-state index contributed by atoms with van der Waals surface area (Å²) in [6, 6.07) is 0.0547. The lowest BCUT2D eigenvalue weighted by Crippen LogP contribution is -2.26. The smallest absolute Gasteiger partial charge is 0.224 e. The van der Waals surface area contributed by atoms with Gasteiger partial charge in [0.15, 0.2) is 11.6 Å². The lowest BCUT2D eigenvalue weighted by atomic mass is 10.2. The van der Waals surface area contributed by atoms with Crippen molar-refractivity contribution in [3.05, 3.63) is 12.0 Å². The fraction of sp³-hybridized carbons (Fsp3) is 0.636. The van der Waals surface area contributed by atoms with Crippen LogP contribution in [0.25, 0.3) is 0 Å². The Labute approximate surface area is 101 Å². The molecular formula is C11H19FN4O. The van der Waals surface area contributed by atoms with E-state index in [0.717, 1.165) is 19.0 Å². The van der Waals surface area contributed by atoms with Crippen LogP contribution in [0.5, 0.6) is 0 Å². The minimum absolute atomic E-state index is 0.0547. The first-order chi connectivity index (χ1) is 8.21. The molecule has 0 aromatic carbocycles. The van der Waals surface area contributed by atoms with Crippen LogP contribution in [0, 0.1) is 5.82 Å². The minimum Gasteiger partial charge on any atom is -0.383 e. The van der Waals surface area contributed by atoms with Gasteiger partial charge in [0.2, 0.25) is 5.95 Å². The maximum absolute atomic E-state index is 13.5. The zero-order valence-corrected chi connectivity index (χ0v) is 10.5. The molecule has 0 saturated heterocycles. The standard InChI is InChI=1S/C11H19FN4O/c1-4-5-8(7-17-3)15-10-9(12)6-14-11(13-2)16-10/h6,8H,4-5,7H2,1-3H3,(H2,13,14,15,16). The number of aromatic nitrogens is 2. The average molecular weight is 242 g/mol. The molecule has 0 saturated carbocycles. The van der Waals surface area contributed by atoms with E-state index in [4.69, 9.17) is 4.74 Å². The second-order valence-electron chi connectivity index (χ2n) is 3.73. The first kappa shape index (κ1) is 13.6. The highest BCUT2D eigenvalue weighted by molar-refractivity contribution is 5.41. The highest BCUT2D eigenvalue weighted by Gasteiger charge is 2.12. The van der Waals surface area contributed by atoms with Gasteiger partial charge in [-0.05, 0) is 6.42 Å². The molecular weight excluding hydrogens is 223 g/mol. The molecule has 6 heteroatoms. The third kappa shape index (κ3) is 4.14. The molecule has 0 spiro atoms. The third-order valence-electron chi connectivity index (χ3n) is 2.31. The first-order valence-corrected chi connectivity index (χ1v) is 5.67. The van der Waals surface area contributed by atoms with Crippen molar-refractivity contribution in [2.45, 2.75) is 25.8 Å². The van der Waals surface area contributed by atoms with E-state index in [0.29, 0.717) is 12.6 Å². The van der Waals surface area contributed by atoms with E-state index in [1.807, 2.05) is 0 Å². The van der Waals surface area contributed by atoms with Crippen molar-refractivity contribution in [1.29, 1.82) is 0 Å². The summed E-state index contributed by atoms with van der Waals surface area (Å²) >= 11 is 0. The topological polar surface area (TPSA) is 59.1 Å². The number of hydrogen-bond acceptors (Lipinski definition) is 5. The van der Waals surface area contributed by atoms with Gasteiger partial charge in [0.1, 0.15) is 0 Å². The van der Waals surface area contributed by atoms with Crippen LogP contribution in [-0.4, -0.2) is 36.8 Å². The number of hydrogen-bond donors (Lipinski definition) is 2. The minimum atomic E-state index is -0.457. The molecule has 0 bridgehead atoms. The lowest BCUT2D eigenvalue weighted by Gasteiger charge is -2.18. The second-order valence-corrected chi connectivity index (χ2v) is 3.73. The SMILES string of the molecule is CCCC(COC)Nc1nc(NC)ncc1F. The van der Waals surface area contributed by atoms with Crippen molar-refractivity contribution in [2.75, 3.05) is 31.4 Å². The van der Waals surface area contributed by atoms with E-state index >= 15 is 0 Å². The largest absolute Gasteiger partial charge is 0.383 e. The molecule has 0 aliphatic heterocycles. The van der Waals surface area contributed by atoms with Crippen molar-refractivity contribution in [2.24, 2.45) is 0 Å². The van der Waals surface area contributed by atoms with Crippen molar-refractivity contribution in [1.82, 2.24) is 9.97 Å². The molecule has 1 aromatic rings. The summed E-state index contributed by atoms with van der Waals surface area (Å²) in [4.78, 5) is 7.82. The maximum Gasteiger partial charge on any atom is 0.224 e. The predicted octanol–water partition coefficient (Wildman–Crippen LogP) is 1.88. The molecule has 0 aliphatic carbocycles. The average Bonchev–Trinajstić information content (AvgIpc) is 2.32.